The first-order valence-electron chi connectivity index (χ1n) is 4.83. The topological polar surface area (TPSA) is 32.3 Å². The van der Waals surface area contributed by atoms with Gasteiger partial charge in [0.25, 0.3) is 0 Å². The van der Waals surface area contributed by atoms with Gasteiger partial charge < -0.3 is 10.4 Å². The van der Waals surface area contributed by atoms with Gasteiger partial charge in [0.2, 0.25) is 0 Å². The van der Waals surface area contributed by atoms with Gasteiger partial charge in [-0.25, -0.2) is 0 Å². The molecule has 0 aliphatic carbocycles. The first kappa shape index (κ1) is 13.3. The first-order valence-corrected chi connectivity index (χ1v) is 7.42. The number of aliphatic hydroxyl groups excluding tert-OH is 1. The van der Waals surface area contributed by atoms with Crippen LogP contribution in [0.15, 0.2) is 12.1 Å². The van der Waals surface area contributed by atoms with Crippen molar-refractivity contribution in [3.05, 3.63) is 21.3 Å². The van der Waals surface area contributed by atoms with Crippen LogP contribution in [0.25, 0.3) is 0 Å². The van der Waals surface area contributed by atoms with E-state index in [2.05, 4.69) is 11.6 Å². The fourth-order valence-corrected chi connectivity index (χ4v) is 2.77. The maximum atomic E-state index is 9.14. The van der Waals surface area contributed by atoms with Gasteiger partial charge in [0.15, 0.2) is 0 Å². The molecular formula is C10H16ClNOS2. The highest BCUT2D eigenvalue weighted by atomic mass is 35.5. The van der Waals surface area contributed by atoms with E-state index in [1.165, 1.54) is 4.88 Å². The van der Waals surface area contributed by atoms with Gasteiger partial charge >= 0.3 is 0 Å². The van der Waals surface area contributed by atoms with E-state index < -0.39 is 0 Å². The monoisotopic (exact) mass is 265 g/mol. The second-order valence-corrected chi connectivity index (χ2v) is 6.03. The molecule has 1 aromatic rings. The maximum absolute atomic E-state index is 9.14. The standard InChI is InChI=1S/C10H16ClNOS2/c1-14-5-4-8(7-13)12-6-9-2-3-10(11)15-9/h2-3,8,12-13H,4-7H2,1H3. The number of thiophene rings is 1. The third-order valence-corrected chi connectivity index (χ3v) is 3.96. The number of aliphatic hydroxyl groups is 1. The molecule has 2 N–H and O–H groups in total. The molecule has 0 spiro atoms. The van der Waals surface area contributed by atoms with Gasteiger partial charge in [-0.15, -0.1) is 11.3 Å². The summed E-state index contributed by atoms with van der Waals surface area (Å²) in [7, 11) is 0. The lowest BCUT2D eigenvalue weighted by Crippen LogP contribution is -2.32. The van der Waals surface area contributed by atoms with E-state index in [0.717, 1.165) is 23.1 Å². The van der Waals surface area contributed by atoms with Crippen molar-refractivity contribution in [3.8, 4) is 0 Å². The van der Waals surface area contributed by atoms with Crippen molar-refractivity contribution < 1.29 is 5.11 Å². The minimum absolute atomic E-state index is 0.193. The molecule has 5 heteroatoms. The van der Waals surface area contributed by atoms with Crippen LogP contribution < -0.4 is 5.32 Å². The van der Waals surface area contributed by atoms with Gasteiger partial charge in [-0.3, -0.25) is 0 Å². The molecule has 0 bridgehead atoms. The number of rotatable bonds is 7. The summed E-state index contributed by atoms with van der Waals surface area (Å²) in [5.74, 6) is 1.07. The Morgan fingerprint density at radius 1 is 1.60 bits per heavy atom. The van der Waals surface area contributed by atoms with Crippen molar-refractivity contribution in [2.24, 2.45) is 0 Å². The van der Waals surface area contributed by atoms with Gasteiger partial charge in [-0.2, -0.15) is 11.8 Å². The lowest BCUT2D eigenvalue weighted by atomic mass is 10.2. The molecular weight excluding hydrogens is 250 g/mol. The highest BCUT2D eigenvalue weighted by Gasteiger charge is 2.06. The number of halogens is 1. The Hall–Kier alpha value is 0.260. The summed E-state index contributed by atoms with van der Waals surface area (Å²) < 4.78 is 0.816. The van der Waals surface area contributed by atoms with Gasteiger partial charge in [-0.05, 0) is 30.6 Å². The van der Waals surface area contributed by atoms with Crippen LogP contribution in [0.5, 0.6) is 0 Å². The van der Waals surface area contributed by atoms with Crippen LogP contribution in [-0.4, -0.2) is 29.8 Å². The highest BCUT2D eigenvalue weighted by molar-refractivity contribution is 7.98. The lowest BCUT2D eigenvalue weighted by Gasteiger charge is -2.14. The fraction of sp³-hybridized carbons (Fsp3) is 0.600. The average Bonchev–Trinajstić information content (AvgIpc) is 2.65. The third kappa shape index (κ3) is 5.22. The quantitative estimate of drug-likeness (QED) is 0.795. The van der Waals surface area contributed by atoms with Crippen molar-refractivity contribution in [3.63, 3.8) is 0 Å². The second-order valence-electron chi connectivity index (χ2n) is 3.25. The predicted molar refractivity (Wildman–Crippen MR) is 70.0 cm³/mol. The molecule has 0 amide bonds. The summed E-state index contributed by atoms with van der Waals surface area (Å²) in [6.07, 6.45) is 3.07. The molecule has 1 unspecified atom stereocenters. The Morgan fingerprint density at radius 2 is 2.40 bits per heavy atom. The summed E-state index contributed by atoms with van der Waals surface area (Å²) in [5, 5.41) is 12.5. The lowest BCUT2D eigenvalue weighted by molar-refractivity contribution is 0.239. The van der Waals surface area contributed by atoms with Crippen molar-refractivity contribution in [1.82, 2.24) is 5.32 Å². The zero-order chi connectivity index (χ0) is 11.1. The molecule has 0 aliphatic heterocycles. The molecule has 0 radical (unpaired) electrons. The Labute approximate surface area is 104 Å². The third-order valence-electron chi connectivity index (χ3n) is 2.08. The zero-order valence-corrected chi connectivity index (χ0v) is 11.1. The molecule has 1 atom stereocenters. The molecule has 1 heterocycles. The van der Waals surface area contributed by atoms with Crippen LogP contribution in [0.4, 0.5) is 0 Å². The molecule has 0 saturated heterocycles. The normalized spacial score (nSPS) is 13.0. The van der Waals surface area contributed by atoms with E-state index in [4.69, 9.17) is 16.7 Å². The summed E-state index contributed by atoms with van der Waals surface area (Å²) in [4.78, 5) is 1.21. The van der Waals surface area contributed by atoms with Crippen molar-refractivity contribution >= 4 is 34.7 Å². The molecule has 0 fully saturated rings. The molecule has 86 valence electrons. The smallest absolute Gasteiger partial charge is 0.0931 e. The zero-order valence-electron chi connectivity index (χ0n) is 8.70. The molecule has 0 aromatic carbocycles. The molecule has 1 aromatic heterocycles. The van der Waals surface area contributed by atoms with E-state index >= 15 is 0 Å². The van der Waals surface area contributed by atoms with Crippen molar-refractivity contribution in [2.45, 2.75) is 19.0 Å². The van der Waals surface area contributed by atoms with Crippen molar-refractivity contribution in [2.75, 3.05) is 18.6 Å². The summed E-state index contributed by atoms with van der Waals surface area (Å²) in [6.45, 7) is 0.983. The summed E-state index contributed by atoms with van der Waals surface area (Å²) in [5.41, 5.74) is 0. The Bertz CT molecular complexity index is 280. The summed E-state index contributed by atoms with van der Waals surface area (Å²) >= 11 is 9.21. The minimum atomic E-state index is 0.193. The van der Waals surface area contributed by atoms with Gasteiger partial charge in [0.1, 0.15) is 0 Å². The molecule has 0 saturated carbocycles. The maximum Gasteiger partial charge on any atom is 0.0931 e. The molecule has 0 aliphatic rings. The predicted octanol–water partition coefficient (Wildman–Crippen LogP) is 2.61. The second kappa shape index (κ2) is 7.52. The molecule has 15 heavy (non-hydrogen) atoms. The number of hydrogen-bond acceptors (Lipinski definition) is 4. The molecule has 1 rings (SSSR count). The Kier molecular flexibility index (Phi) is 6.68. The minimum Gasteiger partial charge on any atom is -0.395 e. The van der Waals surface area contributed by atoms with Crippen LogP contribution in [0.1, 0.15) is 11.3 Å². The Morgan fingerprint density at radius 3 is 2.93 bits per heavy atom. The van der Waals surface area contributed by atoms with E-state index in [0.29, 0.717) is 0 Å². The average molecular weight is 266 g/mol. The van der Waals surface area contributed by atoms with Gasteiger partial charge in [0.05, 0.1) is 10.9 Å². The van der Waals surface area contributed by atoms with Crippen LogP contribution in [-0.2, 0) is 6.54 Å². The van der Waals surface area contributed by atoms with Crippen LogP contribution in [0.2, 0.25) is 4.34 Å². The number of nitrogens with one attached hydrogen (secondary N) is 1. The largest absolute Gasteiger partial charge is 0.395 e. The van der Waals surface area contributed by atoms with E-state index in [1.54, 1.807) is 23.1 Å². The van der Waals surface area contributed by atoms with Gasteiger partial charge in [0, 0.05) is 17.5 Å². The van der Waals surface area contributed by atoms with E-state index in [1.807, 2.05) is 12.1 Å². The van der Waals surface area contributed by atoms with Gasteiger partial charge in [-0.1, -0.05) is 11.6 Å². The van der Waals surface area contributed by atoms with Crippen LogP contribution >= 0.6 is 34.7 Å². The summed E-state index contributed by atoms with van der Waals surface area (Å²) in [6, 6.07) is 4.11. The Balaban J connectivity index is 2.27. The fourth-order valence-electron chi connectivity index (χ4n) is 1.21. The van der Waals surface area contributed by atoms with E-state index in [9.17, 15) is 0 Å². The van der Waals surface area contributed by atoms with Crippen molar-refractivity contribution in [1.29, 1.82) is 0 Å². The highest BCUT2D eigenvalue weighted by Crippen LogP contribution is 2.21. The molecule has 2 nitrogen and oxygen atoms in total. The van der Waals surface area contributed by atoms with Crippen LogP contribution in [0, 0.1) is 0 Å². The van der Waals surface area contributed by atoms with Crippen LogP contribution in [0.3, 0.4) is 0 Å². The number of hydrogen-bond donors (Lipinski definition) is 2. The SMILES string of the molecule is CSCCC(CO)NCc1ccc(Cl)s1. The number of thioether (sulfide) groups is 1. The first-order chi connectivity index (χ1) is 7.26. The van der Waals surface area contributed by atoms with E-state index in [-0.39, 0.29) is 12.6 Å².